The molecule has 0 saturated carbocycles. The molecular weight excluding hydrogens is 849 g/mol. The maximum Gasteiger partial charge on any atom is 0.136 e. The number of anilines is 3. The molecule has 0 N–H and O–H groups in total. The molecule has 326 valence electrons. The Bertz CT molecular complexity index is 4250. The van der Waals surface area contributed by atoms with E-state index in [1.54, 1.807) is 0 Å². The number of nitrogens with zero attached hydrogens (tertiary/aromatic N) is 2. The predicted molar refractivity (Wildman–Crippen MR) is 290 cm³/mol. The molecule has 0 amide bonds. The van der Waals surface area contributed by atoms with Gasteiger partial charge in [-0.3, -0.25) is 0 Å². The van der Waals surface area contributed by atoms with Gasteiger partial charge >= 0.3 is 0 Å². The van der Waals surface area contributed by atoms with Crippen molar-refractivity contribution in [1.82, 2.24) is 4.57 Å². The molecule has 11 aromatic carbocycles. The van der Waals surface area contributed by atoms with Gasteiger partial charge in [0, 0.05) is 38.5 Å². The van der Waals surface area contributed by atoms with Gasteiger partial charge < -0.3 is 13.9 Å². The maximum absolute atomic E-state index is 6.36. The number of hydrogen-bond acceptors (Lipinski definition) is 2. The van der Waals surface area contributed by atoms with Crippen molar-refractivity contribution in [2.75, 3.05) is 4.90 Å². The van der Waals surface area contributed by atoms with Crippen LogP contribution in [0.3, 0.4) is 0 Å². The molecule has 70 heavy (non-hydrogen) atoms. The van der Waals surface area contributed by atoms with Crippen LogP contribution >= 0.6 is 0 Å². The quantitative estimate of drug-likeness (QED) is 0.166. The second kappa shape index (κ2) is 14.9. The Morgan fingerprint density at radius 1 is 0.329 bits per heavy atom. The second-order valence-corrected chi connectivity index (χ2v) is 18.7. The lowest BCUT2D eigenvalue weighted by atomic mass is 9.65. The predicted octanol–water partition coefficient (Wildman–Crippen LogP) is 17.8. The smallest absolute Gasteiger partial charge is 0.136 e. The van der Waals surface area contributed by atoms with Crippen LogP contribution in [0.2, 0.25) is 0 Å². The molecule has 1 aliphatic carbocycles. The van der Waals surface area contributed by atoms with Gasteiger partial charge in [0.25, 0.3) is 0 Å². The molecule has 0 fully saturated rings. The SMILES string of the molecule is c1ccc(-c2ccccc2-c2ccccc2N(c2ccc(-c3ccc4c(c3)oc3ccccc34)cc2)c2ccc3c(c2)C2(c4ccccc4-3)c3ccccc3-n3c4ccccc4c4cccc2c43)cc1. The Morgan fingerprint density at radius 3 is 1.81 bits per heavy atom. The third-order valence-electron chi connectivity index (χ3n) is 15.2. The van der Waals surface area contributed by atoms with Gasteiger partial charge in [0.1, 0.15) is 11.2 Å². The van der Waals surface area contributed by atoms with E-state index in [0.717, 1.165) is 55.7 Å². The minimum atomic E-state index is -0.591. The van der Waals surface area contributed by atoms with Crippen LogP contribution < -0.4 is 4.90 Å². The molecule has 2 aliphatic rings. The molecule has 1 unspecified atom stereocenters. The fraction of sp³-hybridized carbons (Fsp3) is 0.0149. The largest absolute Gasteiger partial charge is 0.456 e. The zero-order chi connectivity index (χ0) is 45.9. The standard InChI is InChI=1S/C67H42N2O/c1-2-17-44(18-3-1)48-19-4-5-20-49(48)52-22-7-12-29-61(52)68(46-36-33-43(34-37-46)45-35-39-55-54-24-9-15-32-64(54)70-65(55)41-45)47-38-40-51-50-21-6-10-26-57(50)67(60(51)42-47)58-27-11-14-31-63(58)69-62-30-13-8-23-53(62)56-25-16-28-59(67)66(56)69/h1-42H. The minimum absolute atomic E-state index is 0.591. The van der Waals surface area contributed by atoms with Crippen molar-refractivity contribution >= 4 is 60.8 Å². The third-order valence-corrected chi connectivity index (χ3v) is 15.2. The van der Waals surface area contributed by atoms with Crippen LogP contribution in [0.15, 0.2) is 259 Å². The van der Waals surface area contributed by atoms with Gasteiger partial charge in [0.05, 0.1) is 27.8 Å². The van der Waals surface area contributed by atoms with Crippen LogP contribution in [0.5, 0.6) is 0 Å². The number of benzene rings is 11. The second-order valence-electron chi connectivity index (χ2n) is 18.7. The van der Waals surface area contributed by atoms with Gasteiger partial charge in [-0.05, 0) is 122 Å². The number of para-hydroxylation sites is 5. The Kier molecular flexibility index (Phi) is 8.28. The van der Waals surface area contributed by atoms with Crippen LogP contribution in [-0.4, -0.2) is 4.57 Å². The number of rotatable bonds is 6. The molecule has 0 radical (unpaired) electrons. The Morgan fingerprint density at radius 2 is 0.943 bits per heavy atom. The van der Waals surface area contributed by atoms with Crippen molar-refractivity contribution in [1.29, 1.82) is 0 Å². The van der Waals surface area contributed by atoms with Crippen molar-refractivity contribution < 1.29 is 4.42 Å². The fourth-order valence-corrected chi connectivity index (χ4v) is 12.3. The van der Waals surface area contributed by atoms with Gasteiger partial charge in [-0.2, -0.15) is 0 Å². The first-order valence-electron chi connectivity index (χ1n) is 24.2. The average Bonchev–Trinajstić information content (AvgIpc) is 4.08. The van der Waals surface area contributed by atoms with Crippen LogP contribution in [0.4, 0.5) is 17.1 Å². The Labute approximate surface area is 405 Å². The molecule has 1 atom stereocenters. The highest BCUT2D eigenvalue weighted by Crippen LogP contribution is 2.62. The van der Waals surface area contributed by atoms with E-state index in [2.05, 4.69) is 252 Å². The van der Waals surface area contributed by atoms with Crippen molar-refractivity contribution in [2.24, 2.45) is 0 Å². The summed E-state index contributed by atoms with van der Waals surface area (Å²) in [5.41, 5.74) is 22.8. The number of aromatic nitrogens is 1. The van der Waals surface area contributed by atoms with Crippen molar-refractivity contribution in [3.8, 4) is 50.2 Å². The summed E-state index contributed by atoms with van der Waals surface area (Å²) >= 11 is 0. The summed E-state index contributed by atoms with van der Waals surface area (Å²) in [5.74, 6) is 0. The summed E-state index contributed by atoms with van der Waals surface area (Å²) < 4.78 is 8.88. The number of hydrogen-bond donors (Lipinski definition) is 0. The molecule has 3 nitrogen and oxygen atoms in total. The Balaban J connectivity index is 0.976. The molecule has 3 heteroatoms. The van der Waals surface area contributed by atoms with E-state index in [4.69, 9.17) is 4.42 Å². The highest BCUT2D eigenvalue weighted by molar-refractivity contribution is 6.13. The minimum Gasteiger partial charge on any atom is -0.456 e. The van der Waals surface area contributed by atoms with Crippen molar-refractivity contribution in [2.45, 2.75) is 5.41 Å². The summed E-state index contributed by atoms with van der Waals surface area (Å²) in [7, 11) is 0. The van der Waals surface area contributed by atoms with Gasteiger partial charge in [-0.15, -0.1) is 0 Å². The van der Waals surface area contributed by atoms with Crippen molar-refractivity contribution in [3.05, 3.63) is 277 Å². The fourth-order valence-electron chi connectivity index (χ4n) is 12.3. The lowest BCUT2D eigenvalue weighted by Gasteiger charge is -2.40. The average molecular weight is 891 g/mol. The van der Waals surface area contributed by atoms with E-state index in [9.17, 15) is 0 Å². The summed E-state index contributed by atoms with van der Waals surface area (Å²) in [4.78, 5) is 2.48. The van der Waals surface area contributed by atoms with E-state index in [1.165, 1.54) is 77.6 Å². The summed E-state index contributed by atoms with van der Waals surface area (Å²) in [6.07, 6.45) is 0. The van der Waals surface area contributed by atoms with Gasteiger partial charge in [-0.1, -0.05) is 194 Å². The van der Waals surface area contributed by atoms with E-state index in [-0.39, 0.29) is 0 Å². The molecule has 15 rings (SSSR count). The first kappa shape index (κ1) is 38.9. The molecule has 1 spiro atoms. The van der Waals surface area contributed by atoms with E-state index < -0.39 is 5.41 Å². The molecule has 2 aromatic heterocycles. The highest BCUT2D eigenvalue weighted by Gasteiger charge is 2.51. The molecule has 1 aliphatic heterocycles. The highest BCUT2D eigenvalue weighted by atomic mass is 16.3. The molecule has 0 saturated heterocycles. The van der Waals surface area contributed by atoms with E-state index in [1.807, 2.05) is 12.1 Å². The summed E-state index contributed by atoms with van der Waals surface area (Å²) in [6.45, 7) is 0. The van der Waals surface area contributed by atoms with E-state index in [0.29, 0.717) is 0 Å². The van der Waals surface area contributed by atoms with Crippen LogP contribution in [-0.2, 0) is 5.41 Å². The first-order valence-corrected chi connectivity index (χ1v) is 24.2. The number of furan rings is 1. The topological polar surface area (TPSA) is 21.3 Å². The third kappa shape index (κ3) is 5.40. The zero-order valence-electron chi connectivity index (χ0n) is 38.1. The summed E-state index contributed by atoms with van der Waals surface area (Å²) in [6, 6.07) is 93.8. The van der Waals surface area contributed by atoms with E-state index >= 15 is 0 Å². The lowest BCUT2D eigenvalue weighted by Crippen LogP contribution is -2.33. The van der Waals surface area contributed by atoms with Gasteiger partial charge in [0.2, 0.25) is 0 Å². The molecule has 3 heterocycles. The molecule has 0 bridgehead atoms. The van der Waals surface area contributed by atoms with Crippen LogP contribution in [0, 0.1) is 0 Å². The van der Waals surface area contributed by atoms with Gasteiger partial charge in [0.15, 0.2) is 0 Å². The van der Waals surface area contributed by atoms with Crippen LogP contribution in [0.25, 0.3) is 93.9 Å². The maximum atomic E-state index is 6.36. The first-order chi connectivity index (χ1) is 34.7. The Hall–Kier alpha value is -9.18. The molecule has 13 aromatic rings. The van der Waals surface area contributed by atoms with Gasteiger partial charge in [-0.25, -0.2) is 0 Å². The lowest BCUT2D eigenvalue weighted by molar-refractivity contribution is 0.669. The normalized spacial score (nSPS) is 14.3. The van der Waals surface area contributed by atoms with Crippen LogP contribution in [0.1, 0.15) is 22.3 Å². The monoisotopic (exact) mass is 890 g/mol. The zero-order valence-corrected chi connectivity index (χ0v) is 38.1. The molecular formula is C67H42N2O. The van der Waals surface area contributed by atoms with Crippen molar-refractivity contribution in [3.63, 3.8) is 0 Å². The number of fused-ring (bicyclic) bond motifs is 15. The summed E-state index contributed by atoms with van der Waals surface area (Å²) in [5, 5.41) is 4.81.